The molecule has 0 radical (unpaired) electrons. The zero-order valence-electron chi connectivity index (χ0n) is 26.5. The summed E-state index contributed by atoms with van der Waals surface area (Å²) in [7, 11) is -17.9. The molecule has 0 saturated carbocycles. The number of ether oxygens (including phenoxy) is 1. The molecule has 0 fully saturated rings. The van der Waals surface area contributed by atoms with Gasteiger partial charge < -0.3 is 19.5 Å². The fraction of sp³-hybridized carbons (Fsp3) is 0.185. The third kappa shape index (κ3) is 10.2. The van der Waals surface area contributed by atoms with Crippen LogP contribution in [0.2, 0.25) is 0 Å². The molecule has 4 aromatic rings. The fourth-order valence-corrected chi connectivity index (χ4v) is 7.99. The predicted octanol–water partition coefficient (Wildman–Crippen LogP) is -3.32. The Bertz CT molecular complexity index is 2390. The Morgan fingerprint density at radius 2 is 1.45 bits per heavy atom. The normalized spacial score (nSPS) is 12.4. The van der Waals surface area contributed by atoms with Gasteiger partial charge in [0.2, 0.25) is 0 Å². The maximum absolute atomic E-state index is 13.8. The van der Waals surface area contributed by atoms with Gasteiger partial charge in [-0.2, -0.15) is 8.42 Å². The Hall–Kier alpha value is -0.907. The summed E-state index contributed by atoms with van der Waals surface area (Å²) in [5, 5.41) is 29.3. The molecular formula is C27H25K2N3O13S4. The van der Waals surface area contributed by atoms with Crippen molar-refractivity contribution in [3.05, 3.63) is 65.7 Å². The average Bonchev–Trinajstić information content (AvgIpc) is 2.95. The fourth-order valence-electron chi connectivity index (χ4n) is 4.45. The smallest absolute Gasteiger partial charge is 0.870 e. The number of benzene rings is 4. The molecule has 3 N–H and O–H groups in total. The third-order valence-electron chi connectivity index (χ3n) is 6.68. The second-order valence-electron chi connectivity index (χ2n) is 10.0. The maximum atomic E-state index is 13.8. The quantitative estimate of drug-likeness (QED) is 0.0762. The number of methoxy groups -OCH3 is 1. The van der Waals surface area contributed by atoms with E-state index in [9.17, 15) is 47.9 Å². The van der Waals surface area contributed by atoms with Gasteiger partial charge in [-0.3, -0.25) is 9.27 Å². The van der Waals surface area contributed by atoms with Crippen LogP contribution in [0.5, 0.6) is 11.5 Å². The van der Waals surface area contributed by atoms with Crippen molar-refractivity contribution in [1.82, 2.24) is 0 Å². The summed E-state index contributed by atoms with van der Waals surface area (Å²) in [5.74, 6) is -2.15. The molecule has 0 heterocycles. The molecule has 0 atom stereocenters. The topological polar surface area (TPSA) is 269 Å². The van der Waals surface area contributed by atoms with E-state index in [1.807, 2.05) is 0 Å². The van der Waals surface area contributed by atoms with Crippen LogP contribution in [0.1, 0.15) is 11.1 Å². The van der Waals surface area contributed by atoms with Crippen molar-refractivity contribution < 1.29 is 160 Å². The number of sulfonamides is 1. The molecule has 49 heavy (non-hydrogen) atoms. The predicted molar refractivity (Wildman–Crippen MR) is 164 cm³/mol. The Labute approximate surface area is 367 Å². The molecule has 4 aromatic carbocycles. The van der Waals surface area contributed by atoms with Crippen LogP contribution in [0.3, 0.4) is 0 Å². The van der Waals surface area contributed by atoms with Crippen LogP contribution in [0.4, 0.5) is 17.1 Å². The summed E-state index contributed by atoms with van der Waals surface area (Å²) >= 11 is 0. The van der Waals surface area contributed by atoms with Gasteiger partial charge in [0.15, 0.2) is 9.84 Å². The summed E-state index contributed by atoms with van der Waals surface area (Å²) in [6.07, 6.45) is 0. The first-order valence-electron chi connectivity index (χ1n) is 13.0. The first-order valence-corrected chi connectivity index (χ1v) is 19.0. The molecule has 252 valence electrons. The van der Waals surface area contributed by atoms with E-state index in [0.29, 0.717) is 23.8 Å². The van der Waals surface area contributed by atoms with Crippen molar-refractivity contribution in [3.63, 3.8) is 0 Å². The van der Waals surface area contributed by atoms with Gasteiger partial charge in [0.25, 0.3) is 20.1 Å². The van der Waals surface area contributed by atoms with Crippen LogP contribution in [-0.4, -0.2) is 67.4 Å². The Morgan fingerprint density at radius 1 is 0.837 bits per heavy atom. The van der Waals surface area contributed by atoms with Gasteiger partial charge in [-0.25, -0.2) is 25.3 Å². The Balaban J connectivity index is 0.00000417. The molecule has 0 unspecified atom stereocenters. The van der Waals surface area contributed by atoms with Gasteiger partial charge in [0, 0.05) is 11.5 Å². The third-order valence-corrected chi connectivity index (χ3v) is 11.6. The van der Waals surface area contributed by atoms with E-state index in [0.717, 1.165) is 13.2 Å². The number of hydrogen-bond acceptors (Lipinski definition) is 14. The molecule has 0 aliphatic rings. The van der Waals surface area contributed by atoms with Crippen molar-refractivity contribution in [2.75, 3.05) is 24.2 Å². The second kappa shape index (κ2) is 16.8. The minimum absolute atomic E-state index is 0. The molecule has 0 aliphatic carbocycles. The number of rotatable bonds is 11. The number of nitrogens with zero attached hydrogens (tertiary/aromatic N) is 2. The summed E-state index contributed by atoms with van der Waals surface area (Å²) in [4.78, 5) is -2.73. The van der Waals surface area contributed by atoms with Gasteiger partial charge in [-0.05, 0) is 61.2 Å². The van der Waals surface area contributed by atoms with Crippen molar-refractivity contribution >= 4 is 67.9 Å². The minimum Gasteiger partial charge on any atom is -0.870 e. The number of azo groups is 1. The van der Waals surface area contributed by atoms with Gasteiger partial charge in [-0.1, -0.05) is 23.4 Å². The van der Waals surface area contributed by atoms with Gasteiger partial charge in [-0.15, -0.1) is 10.2 Å². The summed E-state index contributed by atoms with van der Waals surface area (Å²) in [6, 6.07) is 9.41. The number of anilines is 1. The Morgan fingerprint density at radius 3 is 1.98 bits per heavy atom. The molecule has 22 heteroatoms. The molecule has 0 bridgehead atoms. The minimum atomic E-state index is -5.31. The monoisotopic (exact) mass is 805 g/mol. The first-order chi connectivity index (χ1) is 21.7. The van der Waals surface area contributed by atoms with E-state index in [-0.39, 0.29) is 130 Å². The SMILES string of the molecule is COc1cc(S(=O)(=O)CCO)c(C)cc1N=Nc1c(S(=O)(=O)O)cc2cc(S(=O)(=O)[O-])cc(NS(=O)(=O)c3ccc(C)cc3)c2c1[O-].[K+].[K+]. The number of aliphatic hydroxyl groups is 1. The number of hydrogen-bond donors (Lipinski definition) is 3. The standard InChI is InChI=1S/C27H27N3O13S4.2K/c1-15-4-6-18(7-5-15)45(35,36)30-21-13-19(46(37,38)39)11-17-12-24(47(40,41)42)26(27(32)25(17)21)29-28-20-10-16(2)23(14-22(20)43-3)44(33,34)9-8-31;;/h4-7,10-14,30-32H,8-9H2,1-3H3,(H,37,38,39)(H,40,41,42);;/q;2*+1/p-2. The molecule has 0 spiro atoms. The average molecular weight is 806 g/mol. The number of aliphatic hydroxyl groups excluding tert-OH is 1. The number of sulfone groups is 1. The molecule has 0 saturated heterocycles. The number of aryl methyl sites for hydroxylation is 2. The van der Waals surface area contributed by atoms with Gasteiger partial charge >= 0.3 is 103 Å². The zero-order valence-corrected chi connectivity index (χ0v) is 36.0. The molecule has 0 amide bonds. The van der Waals surface area contributed by atoms with Crippen molar-refractivity contribution in [1.29, 1.82) is 0 Å². The van der Waals surface area contributed by atoms with Crippen LogP contribution in [-0.2, 0) is 40.1 Å². The van der Waals surface area contributed by atoms with Crippen LogP contribution in [0.25, 0.3) is 10.8 Å². The van der Waals surface area contributed by atoms with E-state index in [2.05, 4.69) is 15.0 Å². The largest absolute Gasteiger partial charge is 1.00 e. The molecular weight excluding hydrogens is 781 g/mol. The van der Waals surface area contributed by atoms with Crippen molar-refractivity contribution in [2.45, 2.75) is 33.4 Å². The summed E-state index contributed by atoms with van der Waals surface area (Å²) in [6.45, 7) is 2.41. The van der Waals surface area contributed by atoms with Gasteiger partial charge in [0.05, 0.1) is 45.5 Å². The number of nitrogens with one attached hydrogen (secondary N) is 1. The van der Waals surface area contributed by atoms with E-state index < -0.39 is 90.1 Å². The zero-order chi connectivity index (χ0) is 35.1. The van der Waals surface area contributed by atoms with Crippen LogP contribution >= 0.6 is 0 Å². The van der Waals surface area contributed by atoms with Crippen molar-refractivity contribution in [3.8, 4) is 11.5 Å². The first kappa shape index (κ1) is 44.3. The summed E-state index contributed by atoms with van der Waals surface area (Å²) < 4.78 is 129. The molecule has 0 aliphatic heterocycles. The number of fused-ring (bicyclic) bond motifs is 1. The van der Waals surface area contributed by atoms with Crippen LogP contribution in [0.15, 0.2) is 84.4 Å². The van der Waals surface area contributed by atoms with Crippen molar-refractivity contribution in [2.24, 2.45) is 10.2 Å². The van der Waals surface area contributed by atoms with E-state index in [4.69, 9.17) is 9.84 Å². The molecule has 0 aromatic heterocycles. The van der Waals surface area contributed by atoms with Gasteiger partial charge in [0.1, 0.15) is 26.5 Å². The van der Waals surface area contributed by atoms with Crippen LogP contribution < -0.4 is 117 Å². The van der Waals surface area contributed by atoms with Crippen LogP contribution in [0, 0.1) is 13.8 Å². The van der Waals surface area contributed by atoms with E-state index in [1.165, 1.54) is 37.3 Å². The van der Waals surface area contributed by atoms with E-state index >= 15 is 0 Å². The summed E-state index contributed by atoms with van der Waals surface area (Å²) in [5.41, 5.74) is -1.17. The maximum Gasteiger partial charge on any atom is 1.00 e. The second-order valence-corrected chi connectivity index (χ2v) is 16.5. The molecule has 4 rings (SSSR count). The Kier molecular flexibility index (Phi) is 15.2. The molecule has 16 nitrogen and oxygen atoms in total. The van der Waals surface area contributed by atoms with E-state index in [1.54, 1.807) is 6.92 Å².